The van der Waals surface area contributed by atoms with Gasteiger partial charge in [-0.25, -0.2) is 13.0 Å². The van der Waals surface area contributed by atoms with Crippen molar-refractivity contribution in [1.29, 1.82) is 0 Å². The van der Waals surface area contributed by atoms with Gasteiger partial charge in [-0.2, -0.15) is 4.31 Å². The number of hydrogen-bond acceptors (Lipinski definition) is 7. The molecule has 0 radical (unpaired) electrons. The van der Waals surface area contributed by atoms with Crippen LogP contribution in [0.3, 0.4) is 0 Å². The predicted molar refractivity (Wildman–Crippen MR) is 97.3 cm³/mol. The summed E-state index contributed by atoms with van der Waals surface area (Å²) in [5.74, 6) is 0.0967. The van der Waals surface area contributed by atoms with E-state index < -0.39 is 10.0 Å². The van der Waals surface area contributed by atoms with Gasteiger partial charge >= 0.3 is 0 Å². The SMILES string of the molecule is O=C(NCC1CCCN(S(=O)(=O)c2cccc3nonc23)C1)C1CCCN1. The molecule has 0 spiro atoms. The molecular formula is C17H23N5O4S. The summed E-state index contributed by atoms with van der Waals surface area (Å²) in [6.07, 6.45) is 3.51. The minimum Gasteiger partial charge on any atom is -0.354 e. The van der Waals surface area contributed by atoms with E-state index in [0.717, 1.165) is 32.2 Å². The van der Waals surface area contributed by atoms with Crippen molar-refractivity contribution in [3.8, 4) is 0 Å². The highest BCUT2D eigenvalue weighted by molar-refractivity contribution is 7.89. The fourth-order valence-electron chi connectivity index (χ4n) is 3.82. The van der Waals surface area contributed by atoms with Gasteiger partial charge in [-0.15, -0.1) is 0 Å². The Labute approximate surface area is 157 Å². The third-order valence-corrected chi connectivity index (χ3v) is 7.19. The molecule has 146 valence electrons. The van der Waals surface area contributed by atoms with Crippen LogP contribution in [0.25, 0.3) is 11.0 Å². The number of carbonyl (C=O) groups excluding carboxylic acids is 1. The Morgan fingerprint density at radius 1 is 1.30 bits per heavy atom. The quantitative estimate of drug-likeness (QED) is 0.759. The van der Waals surface area contributed by atoms with Gasteiger partial charge in [0.05, 0.1) is 6.04 Å². The average Bonchev–Trinajstić information content (AvgIpc) is 3.37. The fraction of sp³-hybridized carbons (Fsp3) is 0.588. The molecule has 2 unspecified atom stereocenters. The largest absolute Gasteiger partial charge is 0.354 e. The highest BCUT2D eigenvalue weighted by Gasteiger charge is 2.33. The monoisotopic (exact) mass is 393 g/mol. The zero-order valence-corrected chi connectivity index (χ0v) is 15.7. The van der Waals surface area contributed by atoms with Crippen LogP contribution in [0.15, 0.2) is 27.7 Å². The zero-order valence-electron chi connectivity index (χ0n) is 14.9. The molecule has 0 bridgehead atoms. The molecule has 4 rings (SSSR count). The van der Waals surface area contributed by atoms with Crippen molar-refractivity contribution in [2.24, 2.45) is 5.92 Å². The van der Waals surface area contributed by atoms with Gasteiger partial charge in [0, 0.05) is 19.6 Å². The summed E-state index contributed by atoms with van der Waals surface area (Å²) in [6.45, 7) is 2.19. The van der Waals surface area contributed by atoms with Gasteiger partial charge in [0.1, 0.15) is 10.4 Å². The summed E-state index contributed by atoms with van der Waals surface area (Å²) in [6, 6.07) is 4.70. The first-order chi connectivity index (χ1) is 13.1. The Hall–Kier alpha value is -2.04. The molecule has 2 atom stereocenters. The van der Waals surface area contributed by atoms with Crippen LogP contribution in [0.2, 0.25) is 0 Å². The number of benzene rings is 1. The van der Waals surface area contributed by atoms with Gasteiger partial charge in [-0.1, -0.05) is 6.07 Å². The minimum atomic E-state index is -3.70. The summed E-state index contributed by atoms with van der Waals surface area (Å²) in [4.78, 5) is 12.3. The minimum absolute atomic E-state index is 0.00548. The average molecular weight is 393 g/mol. The second-order valence-electron chi connectivity index (χ2n) is 7.15. The molecule has 2 aromatic rings. The first-order valence-corrected chi connectivity index (χ1v) is 10.7. The number of sulfonamides is 1. The fourth-order valence-corrected chi connectivity index (χ4v) is 5.51. The summed E-state index contributed by atoms with van der Waals surface area (Å²) >= 11 is 0. The van der Waals surface area contributed by atoms with E-state index in [4.69, 9.17) is 0 Å². The summed E-state index contributed by atoms with van der Waals surface area (Å²) in [5.41, 5.74) is 0.668. The van der Waals surface area contributed by atoms with Gasteiger partial charge in [-0.05, 0) is 60.6 Å². The molecule has 1 aromatic carbocycles. The van der Waals surface area contributed by atoms with E-state index in [2.05, 4.69) is 25.6 Å². The lowest BCUT2D eigenvalue weighted by molar-refractivity contribution is -0.123. The standard InChI is InChI=1S/C17H23N5O4S/c23-17(14-6-2-8-18-14)19-10-12-4-3-9-22(11-12)27(24,25)15-7-1-5-13-16(15)21-26-20-13/h1,5,7,12,14,18H,2-4,6,8-11H2,(H,19,23). The normalized spacial score (nSPS) is 24.3. The predicted octanol–water partition coefficient (Wildman–Crippen LogP) is 0.492. The lowest BCUT2D eigenvalue weighted by atomic mass is 9.99. The molecule has 9 nitrogen and oxygen atoms in total. The molecule has 10 heteroatoms. The number of hydrogen-bond donors (Lipinski definition) is 2. The smallest absolute Gasteiger partial charge is 0.245 e. The van der Waals surface area contributed by atoms with Crippen molar-refractivity contribution in [2.45, 2.75) is 36.6 Å². The van der Waals surface area contributed by atoms with Crippen molar-refractivity contribution in [2.75, 3.05) is 26.2 Å². The number of amides is 1. The van der Waals surface area contributed by atoms with E-state index in [1.165, 1.54) is 10.4 Å². The number of nitrogens with zero attached hydrogens (tertiary/aromatic N) is 3. The molecule has 3 heterocycles. The third-order valence-electron chi connectivity index (χ3n) is 5.29. The zero-order chi connectivity index (χ0) is 18.9. The number of fused-ring (bicyclic) bond motifs is 1. The maximum atomic E-state index is 13.1. The van der Waals surface area contributed by atoms with E-state index in [1.807, 2.05) is 0 Å². The van der Waals surface area contributed by atoms with Crippen LogP contribution in [0.4, 0.5) is 0 Å². The van der Waals surface area contributed by atoms with E-state index >= 15 is 0 Å². The highest BCUT2D eigenvalue weighted by Crippen LogP contribution is 2.27. The van der Waals surface area contributed by atoms with Gasteiger partial charge in [0.25, 0.3) is 0 Å². The second-order valence-corrected chi connectivity index (χ2v) is 9.06. The Balaban J connectivity index is 1.44. The van der Waals surface area contributed by atoms with E-state index in [-0.39, 0.29) is 28.3 Å². The molecule has 27 heavy (non-hydrogen) atoms. The first-order valence-electron chi connectivity index (χ1n) is 9.28. The van der Waals surface area contributed by atoms with Crippen LogP contribution in [0.5, 0.6) is 0 Å². The van der Waals surface area contributed by atoms with Crippen LogP contribution in [-0.2, 0) is 14.8 Å². The van der Waals surface area contributed by atoms with E-state index in [0.29, 0.717) is 25.2 Å². The molecule has 2 fully saturated rings. The summed E-state index contributed by atoms with van der Waals surface area (Å²) in [5, 5.41) is 13.6. The number of aromatic nitrogens is 2. The van der Waals surface area contributed by atoms with Crippen LogP contribution >= 0.6 is 0 Å². The Bertz CT molecular complexity index is 922. The highest BCUT2D eigenvalue weighted by atomic mass is 32.2. The maximum absolute atomic E-state index is 13.1. The second kappa shape index (κ2) is 7.53. The van der Waals surface area contributed by atoms with E-state index in [1.54, 1.807) is 12.1 Å². The lowest BCUT2D eigenvalue weighted by Crippen LogP contribution is -2.46. The summed E-state index contributed by atoms with van der Waals surface area (Å²) in [7, 11) is -3.70. The van der Waals surface area contributed by atoms with Gasteiger partial charge in [-0.3, -0.25) is 4.79 Å². The number of rotatable bonds is 5. The Morgan fingerprint density at radius 2 is 2.19 bits per heavy atom. The third kappa shape index (κ3) is 3.69. The van der Waals surface area contributed by atoms with E-state index in [9.17, 15) is 13.2 Å². The molecule has 2 N–H and O–H groups in total. The Kier molecular flexibility index (Phi) is 5.11. The van der Waals surface area contributed by atoms with Crippen LogP contribution < -0.4 is 10.6 Å². The van der Waals surface area contributed by atoms with Gasteiger partial charge < -0.3 is 10.6 Å². The summed E-state index contributed by atoms with van der Waals surface area (Å²) < 4.78 is 32.4. The Morgan fingerprint density at radius 3 is 3.00 bits per heavy atom. The van der Waals surface area contributed by atoms with Gasteiger partial charge in [0.2, 0.25) is 15.9 Å². The molecule has 2 aliphatic heterocycles. The number of piperidine rings is 1. The lowest BCUT2D eigenvalue weighted by Gasteiger charge is -2.32. The molecule has 0 aliphatic carbocycles. The number of nitrogens with one attached hydrogen (secondary N) is 2. The molecule has 1 amide bonds. The van der Waals surface area contributed by atoms with Crippen molar-refractivity contribution in [1.82, 2.24) is 25.3 Å². The first kappa shape index (κ1) is 18.3. The van der Waals surface area contributed by atoms with Crippen molar-refractivity contribution < 1.29 is 17.8 Å². The van der Waals surface area contributed by atoms with Crippen molar-refractivity contribution >= 4 is 27.0 Å². The van der Waals surface area contributed by atoms with Crippen molar-refractivity contribution in [3.05, 3.63) is 18.2 Å². The molecular weight excluding hydrogens is 370 g/mol. The molecule has 2 saturated heterocycles. The topological polar surface area (TPSA) is 117 Å². The molecule has 2 aliphatic rings. The van der Waals surface area contributed by atoms with Crippen molar-refractivity contribution in [3.63, 3.8) is 0 Å². The molecule has 1 aromatic heterocycles. The number of carbonyl (C=O) groups is 1. The maximum Gasteiger partial charge on any atom is 0.245 e. The van der Waals surface area contributed by atoms with Gasteiger partial charge in [0.15, 0.2) is 5.52 Å². The van der Waals surface area contributed by atoms with Crippen LogP contribution in [0.1, 0.15) is 25.7 Å². The van der Waals surface area contributed by atoms with Crippen LogP contribution in [0, 0.1) is 5.92 Å². The van der Waals surface area contributed by atoms with Crippen LogP contribution in [-0.4, -0.2) is 61.2 Å². The molecule has 0 saturated carbocycles.